The second-order valence-electron chi connectivity index (χ2n) is 8.00. The van der Waals surface area contributed by atoms with Crippen molar-refractivity contribution in [3.63, 3.8) is 0 Å². The minimum absolute atomic E-state index is 0. The topological polar surface area (TPSA) is 145 Å². The molecule has 0 amide bonds. The summed E-state index contributed by atoms with van der Waals surface area (Å²) in [5.41, 5.74) is 0. The third-order valence-electron chi connectivity index (χ3n) is 4.54. The number of esters is 1. The number of ether oxygens (including phenoxy) is 2. The number of phosphoric acid groups is 1. The molecule has 0 heterocycles. The standard InChI is InChI=1S/C17H35O8P.C12H4OS.2Na.7H2/c1-2-3-4-5-6-7-8-9-10-11-12-17(19)25-16(13-23-15-18)14-24-26(20,21)22;1-3-4-5-6-7-8-9-10-11-14-12(2)13;;;;;;;;;/h16,18H,2-15H2,1H3,(H2,20,21,22);1H,2H3;;;7*1H/q;;2*+1;;;;;;;/p-2/t16-;;;;;;;;;;/m0........../s1. The van der Waals surface area contributed by atoms with Gasteiger partial charge in [0.15, 0.2) is 5.12 Å². The van der Waals surface area contributed by atoms with Crippen LogP contribution >= 0.6 is 19.6 Å². The fourth-order valence-corrected chi connectivity index (χ4v) is 3.39. The molecule has 0 bridgehead atoms. The van der Waals surface area contributed by atoms with Gasteiger partial charge in [0.2, 0.25) is 0 Å². The number of hydrogen-bond acceptors (Lipinski definition) is 10. The molecule has 0 aromatic heterocycles. The predicted molar refractivity (Wildman–Crippen MR) is 166 cm³/mol. The molecule has 42 heavy (non-hydrogen) atoms. The molecule has 9 nitrogen and oxygen atoms in total. The van der Waals surface area contributed by atoms with Gasteiger partial charge in [-0.2, -0.15) is 0 Å². The number of hydrogen-bond donors (Lipinski definition) is 1. The molecule has 0 spiro atoms. The van der Waals surface area contributed by atoms with Crippen LogP contribution in [-0.4, -0.2) is 42.3 Å². The van der Waals surface area contributed by atoms with Crippen molar-refractivity contribution in [1.29, 1.82) is 0 Å². The van der Waals surface area contributed by atoms with Crippen molar-refractivity contribution in [2.45, 2.75) is 90.6 Å². The van der Waals surface area contributed by atoms with Crippen LogP contribution < -0.4 is 68.9 Å². The van der Waals surface area contributed by atoms with Gasteiger partial charge in [0.1, 0.15) is 12.9 Å². The van der Waals surface area contributed by atoms with Crippen LogP contribution in [0.15, 0.2) is 0 Å². The molecule has 0 unspecified atom stereocenters. The van der Waals surface area contributed by atoms with Crippen LogP contribution in [0.4, 0.5) is 0 Å². The largest absolute Gasteiger partial charge is 1.00 e. The van der Waals surface area contributed by atoms with Crippen molar-refractivity contribution < 1.29 is 112 Å². The van der Waals surface area contributed by atoms with Crippen molar-refractivity contribution in [1.82, 2.24) is 0 Å². The molecule has 1 N–H and O–H groups in total. The van der Waals surface area contributed by atoms with Gasteiger partial charge in [-0.3, -0.25) is 9.59 Å². The summed E-state index contributed by atoms with van der Waals surface area (Å²) in [6.45, 7) is 2.15. The summed E-state index contributed by atoms with van der Waals surface area (Å²) in [6, 6.07) is 0. The second-order valence-corrected chi connectivity index (χ2v) is 10.1. The van der Waals surface area contributed by atoms with E-state index in [1.165, 1.54) is 45.4 Å². The molecule has 0 radical (unpaired) electrons. The van der Waals surface area contributed by atoms with Crippen LogP contribution in [0.5, 0.6) is 0 Å². The van der Waals surface area contributed by atoms with Gasteiger partial charge in [-0.05, 0) is 59.0 Å². The van der Waals surface area contributed by atoms with Gasteiger partial charge in [0.05, 0.1) is 21.0 Å². The number of phosphoric ester groups is 1. The van der Waals surface area contributed by atoms with E-state index in [2.05, 4.69) is 68.8 Å². The Morgan fingerprint density at radius 2 is 1.38 bits per heavy atom. The maximum Gasteiger partial charge on any atom is 1.00 e. The SMILES string of the molecule is C#CC#CC#CC#CC#CSC(C)=O.CCCCCCCCCCCCC(=O)O[C@@H](COCO)COP(=O)([O-])[O-].[HH].[HH].[HH].[HH].[HH].[HH].[HH].[Na+].[Na+]. The Bertz CT molecular complexity index is 1090. The maximum absolute atomic E-state index is 11.8. The van der Waals surface area contributed by atoms with E-state index in [4.69, 9.17) is 16.3 Å². The molecule has 0 saturated heterocycles. The van der Waals surface area contributed by atoms with Gasteiger partial charge in [-0.25, -0.2) is 0 Å². The van der Waals surface area contributed by atoms with Crippen LogP contribution in [0.1, 0.15) is 94.5 Å². The average Bonchev–Trinajstić information content (AvgIpc) is 2.90. The summed E-state index contributed by atoms with van der Waals surface area (Å²) in [7, 11) is -5.15. The molecule has 0 rings (SSSR count). The molecule has 13 heteroatoms. The summed E-state index contributed by atoms with van der Waals surface area (Å²) in [4.78, 5) is 43.1. The first-order valence-electron chi connectivity index (χ1n) is 12.8. The average molecular weight is 653 g/mol. The second kappa shape index (κ2) is 36.5. The number of thioether (sulfide) groups is 1. The molecule has 0 aromatic carbocycles. The van der Waals surface area contributed by atoms with Crippen LogP contribution in [0.2, 0.25) is 0 Å². The van der Waals surface area contributed by atoms with Crippen LogP contribution in [0.3, 0.4) is 0 Å². The van der Waals surface area contributed by atoms with Crippen molar-refractivity contribution in [2.24, 2.45) is 0 Å². The van der Waals surface area contributed by atoms with Gasteiger partial charge < -0.3 is 33.5 Å². The Morgan fingerprint density at radius 1 is 0.881 bits per heavy atom. The van der Waals surface area contributed by atoms with Crippen molar-refractivity contribution >= 4 is 30.7 Å². The zero-order valence-electron chi connectivity index (χ0n) is 25.1. The number of carbonyl (C=O) groups is 2. The first-order valence-corrected chi connectivity index (χ1v) is 15.1. The fourth-order valence-electron chi connectivity index (χ4n) is 2.79. The van der Waals surface area contributed by atoms with Crippen molar-refractivity contribution in [2.75, 3.05) is 20.0 Å². The summed E-state index contributed by atoms with van der Waals surface area (Å²) >= 11 is 0.898. The summed E-state index contributed by atoms with van der Waals surface area (Å²) < 4.78 is 24.3. The Hall–Kier alpha value is -0.680. The number of aliphatic hydroxyl groups is 1. The van der Waals surface area contributed by atoms with E-state index in [1.807, 2.05) is 0 Å². The number of terminal acetylenes is 1. The monoisotopic (exact) mass is 652 g/mol. The normalized spacial score (nSPS) is 9.71. The van der Waals surface area contributed by atoms with Crippen molar-refractivity contribution in [3.8, 4) is 59.0 Å². The van der Waals surface area contributed by atoms with E-state index in [0.717, 1.165) is 31.0 Å². The molecule has 0 saturated carbocycles. The summed E-state index contributed by atoms with van der Waals surface area (Å²) in [5, 5.41) is 11.0. The number of carbonyl (C=O) groups excluding carboxylic acids is 2. The molecule has 0 aromatic rings. The Labute approximate surface area is 310 Å². The van der Waals surface area contributed by atoms with Crippen LogP contribution in [-0.2, 0) is 28.2 Å². The number of unbranched alkanes of at least 4 members (excludes halogenated alkanes) is 9. The molecular weight excluding hydrogens is 601 g/mol. The third-order valence-corrected chi connectivity index (χ3v) is 5.50. The Morgan fingerprint density at radius 3 is 1.86 bits per heavy atom. The van der Waals surface area contributed by atoms with Crippen molar-refractivity contribution in [3.05, 3.63) is 0 Å². The van der Waals surface area contributed by atoms with Gasteiger partial charge in [-0.1, -0.05) is 64.7 Å². The number of rotatable bonds is 18. The zero-order valence-corrected chi connectivity index (χ0v) is 30.8. The van der Waals surface area contributed by atoms with E-state index < -0.39 is 33.3 Å². The van der Waals surface area contributed by atoms with Gasteiger partial charge in [0.25, 0.3) is 0 Å². The van der Waals surface area contributed by atoms with Gasteiger partial charge in [0, 0.05) is 35.1 Å². The van der Waals surface area contributed by atoms with Gasteiger partial charge >= 0.3 is 65.1 Å². The van der Waals surface area contributed by atoms with E-state index in [0.29, 0.717) is 6.42 Å². The van der Waals surface area contributed by atoms with E-state index in [9.17, 15) is 23.9 Å². The molecule has 234 valence electrons. The first-order chi connectivity index (χ1) is 19.2. The summed E-state index contributed by atoms with van der Waals surface area (Å²) in [5.74, 6) is 18.5. The summed E-state index contributed by atoms with van der Waals surface area (Å²) in [6.07, 6.45) is 15.5. The molecule has 0 fully saturated rings. The smallest absolute Gasteiger partial charge is 0.790 e. The predicted octanol–water partition coefficient (Wildman–Crippen LogP) is -1.38. The minimum Gasteiger partial charge on any atom is -0.790 e. The minimum atomic E-state index is -5.15. The molecule has 0 aliphatic carbocycles. The third kappa shape index (κ3) is 43.8. The van der Waals surface area contributed by atoms with Gasteiger partial charge in [-0.15, -0.1) is 6.42 Å². The number of aliphatic hydroxyl groups excluding tert-OH is 1. The quantitative estimate of drug-likeness (QED) is 0.0470. The van der Waals surface area contributed by atoms with Crippen LogP contribution in [0.25, 0.3) is 0 Å². The Kier molecular flexibility index (Phi) is 41.9. The molecular formula is C29H51Na2O9PS. The zero-order chi connectivity index (χ0) is 30.3. The first kappa shape index (κ1) is 48.2. The van der Waals surface area contributed by atoms with E-state index >= 15 is 0 Å². The molecule has 0 aliphatic rings. The van der Waals surface area contributed by atoms with E-state index in [1.54, 1.807) is 0 Å². The molecule has 1 atom stereocenters. The van der Waals surface area contributed by atoms with Crippen LogP contribution in [0, 0.1) is 59.0 Å². The fraction of sp³-hybridized carbons (Fsp3) is 0.586. The molecule has 0 aliphatic heterocycles. The van der Waals surface area contributed by atoms with E-state index in [-0.39, 0.29) is 87.2 Å². The maximum atomic E-state index is 11.8. The Balaban J connectivity index is -0.0000000616.